The fourth-order valence-electron chi connectivity index (χ4n) is 1.98. The summed E-state index contributed by atoms with van der Waals surface area (Å²) < 4.78 is 0. The van der Waals surface area contributed by atoms with E-state index in [1.54, 1.807) is 6.07 Å². The second kappa shape index (κ2) is 7.54. The van der Waals surface area contributed by atoms with Gasteiger partial charge in [0.2, 0.25) is 5.82 Å². The Morgan fingerprint density at radius 3 is 2.88 bits per heavy atom. The Labute approximate surface area is 147 Å². The molecule has 1 heterocycles. The molecule has 2 aromatic carbocycles. The summed E-state index contributed by atoms with van der Waals surface area (Å²) in [6.45, 7) is -0.140. The molecule has 25 heavy (non-hydrogen) atoms. The molecule has 3 aromatic rings. The van der Waals surface area contributed by atoms with E-state index in [0.717, 1.165) is 5.56 Å². The third kappa shape index (κ3) is 4.39. The van der Waals surface area contributed by atoms with Gasteiger partial charge in [0.25, 0.3) is 5.91 Å². The Bertz CT molecular complexity index is 910. The Balaban J connectivity index is 1.59. The van der Waals surface area contributed by atoms with E-state index in [-0.39, 0.29) is 12.3 Å². The molecular weight excluding hydrogens is 344 g/mol. The number of phenols is 1. The van der Waals surface area contributed by atoms with Crippen LogP contribution in [0.25, 0.3) is 11.4 Å². The molecule has 0 saturated carbocycles. The van der Waals surface area contributed by atoms with Gasteiger partial charge in [-0.25, -0.2) is 5.43 Å². The van der Waals surface area contributed by atoms with Crippen LogP contribution in [0.5, 0.6) is 5.75 Å². The van der Waals surface area contributed by atoms with Crippen LogP contribution in [0.1, 0.15) is 5.56 Å². The molecule has 0 spiro atoms. The highest BCUT2D eigenvalue weighted by atomic mass is 35.5. The first-order valence-corrected chi connectivity index (χ1v) is 7.63. The van der Waals surface area contributed by atoms with Gasteiger partial charge in [-0.05, 0) is 23.4 Å². The second-order valence-corrected chi connectivity index (χ2v) is 5.44. The largest absolute Gasteiger partial charge is 0.507 e. The van der Waals surface area contributed by atoms with Crippen molar-refractivity contribution in [3.63, 3.8) is 0 Å². The van der Waals surface area contributed by atoms with Crippen LogP contribution in [0.15, 0.2) is 53.6 Å². The molecule has 0 atom stereocenters. The number of rotatable bonds is 5. The number of carbonyl (C=O) groups excluding carboxylic acids is 1. The van der Waals surface area contributed by atoms with E-state index < -0.39 is 5.91 Å². The number of nitrogens with one attached hydrogen (secondary N) is 1. The minimum Gasteiger partial charge on any atom is -0.507 e. The summed E-state index contributed by atoms with van der Waals surface area (Å²) in [5, 5.41) is 25.7. The number of aromatic nitrogens is 4. The summed E-state index contributed by atoms with van der Waals surface area (Å²) in [6.07, 6.45) is 1.29. The van der Waals surface area contributed by atoms with Crippen LogP contribution in [0.4, 0.5) is 0 Å². The maximum Gasteiger partial charge on any atom is 0.263 e. The quantitative estimate of drug-likeness (QED) is 0.536. The first-order chi connectivity index (χ1) is 12.1. The fourth-order valence-corrected chi connectivity index (χ4v) is 2.16. The lowest BCUT2D eigenvalue weighted by atomic mass is 10.2. The number of benzene rings is 2. The van der Waals surface area contributed by atoms with Crippen LogP contribution in [-0.4, -0.2) is 37.4 Å². The second-order valence-electron chi connectivity index (χ2n) is 5.01. The van der Waals surface area contributed by atoms with Crippen molar-refractivity contribution < 1.29 is 9.90 Å². The van der Waals surface area contributed by atoms with Crippen LogP contribution in [0.3, 0.4) is 0 Å². The molecule has 3 rings (SSSR count). The normalized spacial score (nSPS) is 10.9. The average Bonchev–Trinajstić information content (AvgIpc) is 3.07. The summed E-state index contributed by atoms with van der Waals surface area (Å²) in [5.41, 5.74) is 3.52. The van der Waals surface area contributed by atoms with Gasteiger partial charge in [0.1, 0.15) is 12.3 Å². The highest BCUT2D eigenvalue weighted by Gasteiger charge is 2.08. The molecule has 0 aliphatic heterocycles. The number of hydrogen-bond donors (Lipinski definition) is 2. The Morgan fingerprint density at radius 2 is 2.08 bits per heavy atom. The molecule has 9 heteroatoms. The van der Waals surface area contributed by atoms with Gasteiger partial charge in [0.05, 0.1) is 6.21 Å². The van der Waals surface area contributed by atoms with Gasteiger partial charge in [0, 0.05) is 16.1 Å². The Hall–Kier alpha value is -3.26. The molecule has 8 nitrogen and oxygen atoms in total. The minimum absolute atomic E-state index is 0.00726. The SMILES string of the molecule is O=C(Cn1nnc(-c2ccccc2)n1)NN=Cc1cc(Cl)ccc1O. The highest BCUT2D eigenvalue weighted by Crippen LogP contribution is 2.19. The molecule has 0 aliphatic rings. The van der Waals surface area contributed by atoms with E-state index in [1.165, 1.54) is 23.1 Å². The number of hydrogen-bond acceptors (Lipinski definition) is 6. The van der Waals surface area contributed by atoms with Gasteiger partial charge in [-0.2, -0.15) is 9.90 Å². The molecule has 0 radical (unpaired) electrons. The van der Waals surface area contributed by atoms with Crippen LogP contribution in [0.2, 0.25) is 5.02 Å². The number of carbonyl (C=O) groups is 1. The maximum atomic E-state index is 11.9. The third-order valence-corrected chi connectivity index (χ3v) is 3.39. The van der Waals surface area contributed by atoms with E-state index in [2.05, 4.69) is 25.9 Å². The summed E-state index contributed by atoms with van der Waals surface area (Å²) in [6, 6.07) is 13.8. The van der Waals surface area contributed by atoms with Crippen LogP contribution in [-0.2, 0) is 11.3 Å². The van der Waals surface area contributed by atoms with Crippen molar-refractivity contribution in [3.05, 3.63) is 59.1 Å². The molecule has 2 N–H and O–H groups in total. The molecule has 0 unspecified atom stereocenters. The third-order valence-electron chi connectivity index (χ3n) is 3.15. The van der Waals surface area contributed by atoms with Crippen molar-refractivity contribution in [1.29, 1.82) is 0 Å². The molecule has 0 aliphatic carbocycles. The minimum atomic E-state index is -0.435. The van der Waals surface area contributed by atoms with E-state index in [0.29, 0.717) is 16.4 Å². The number of tetrazole rings is 1. The summed E-state index contributed by atoms with van der Waals surface area (Å²) in [4.78, 5) is 13.0. The number of nitrogens with zero attached hydrogens (tertiary/aromatic N) is 5. The molecular formula is C16H13ClN6O2. The zero-order chi connectivity index (χ0) is 17.6. The molecule has 0 saturated heterocycles. The number of halogens is 1. The summed E-state index contributed by atoms with van der Waals surface area (Å²) in [7, 11) is 0. The number of hydrazone groups is 1. The number of amides is 1. The Morgan fingerprint density at radius 1 is 1.28 bits per heavy atom. The van der Waals surface area contributed by atoms with Gasteiger partial charge in [-0.15, -0.1) is 10.2 Å². The van der Waals surface area contributed by atoms with Crippen molar-refractivity contribution in [2.45, 2.75) is 6.54 Å². The van der Waals surface area contributed by atoms with Crippen molar-refractivity contribution in [2.75, 3.05) is 0 Å². The summed E-state index contributed by atoms with van der Waals surface area (Å²) >= 11 is 5.83. The van der Waals surface area contributed by atoms with Gasteiger partial charge < -0.3 is 5.11 Å². The van der Waals surface area contributed by atoms with E-state index in [9.17, 15) is 9.90 Å². The zero-order valence-corrected chi connectivity index (χ0v) is 13.6. The van der Waals surface area contributed by atoms with Gasteiger partial charge in [0.15, 0.2) is 0 Å². The monoisotopic (exact) mass is 356 g/mol. The van der Waals surface area contributed by atoms with Crippen molar-refractivity contribution in [3.8, 4) is 17.1 Å². The molecule has 0 bridgehead atoms. The van der Waals surface area contributed by atoms with Crippen molar-refractivity contribution in [1.82, 2.24) is 25.6 Å². The first-order valence-electron chi connectivity index (χ1n) is 7.25. The average molecular weight is 357 g/mol. The molecule has 0 fully saturated rings. The van der Waals surface area contributed by atoms with Crippen LogP contribution < -0.4 is 5.43 Å². The standard InChI is InChI=1S/C16H13ClN6O2/c17-13-6-7-14(24)12(8-13)9-18-19-15(25)10-23-21-16(20-22-23)11-4-2-1-3-5-11/h1-9,24H,10H2,(H,19,25). The summed E-state index contributed by atoms with van der Waals surface area (Å²) in [5.74, 6) is 0.00313. The zero-order valence-electron chi connectivity index (χ0n) is 12.9. The molecule has 1 aromatic heterocycles. The topological polar surface area (TPSA) is 105 Å². The van der Waals surface area contributed by atoms with E-state index in [4.69, 9.17) is 11.6 Å². The Kier molecular flexibility index (Phi) is 5.00. The maximum absolute atomic E-state index is 11.9. The molecule has 1 amide bonds. The number of aromatic hydroxyl groups is 1. The lowest BCUT2D eigenvalue weighted by Gasteiger charge is -2.00. The predicted molar refractivity (Wildman–Crippen MR) is 92.1 cm³/mol. The van der Waals surface area contributed by atoms with Crippen LogP contribution >= 0.6 is 11.6 Å². The van der Waals surface area contributed by atoms with Crippen LogP contribution in [0, 0.1) is 0 Å². The fraction of sp³-hybridized carbons (Fsp3) is 0.0625. The van der Waals surface area contributed by atoms with E-state index in [1.807, 2.05) is 30.3 Å². The van der Waals surface area contributed by atoms with Gasteiger partial charge >= 0.3 is 0 Å². The molecule has 126 valence electrons. The lowest BCUT2D eigenvalue weighted by Crippen LogP contribution is -2.24. The smallest absolute Gasteiger partial charge is 0.263 e. The van der Waals surface area contributed by atoms with E-state index >= 15 is 0 Å². The predicted octanol–water partition coefficient (Wildman–Crippen LogP) is 1.85. The highest BCUT2D eigenvalue weighted by molar-refractivity contribution is 6.30. The first kappa shape index (κ1) is 16.6. The van der Waals surface area contributed by atoms with Crippen molar-refractivity contribution in [2.24, 2.45) is 5.10 Å². The lowest BCUT2D eigenvalue weighted by molar-refractivity contribution is -0.122. The van der Waals surface area contributed by atoms with Gasteiger partial charge in [-0.3, -0.25) is 4.79 Å². The number of phenolic OH excluding ortho intramolecular Hbond substituents is 1. The van der Waals surface area contributed by atoms with Gasteiger partial charge in [-0.1, -0.05) is 41.9 Å². The van der Waals surface area contributed by atoms with Crippen molar-refractivity contribution >= 4 is 23.7 Å².